The summed E-state index contributed by atoms with van der Waals surface area (Å²) in [4.78, 5) is 33.7. The first kappa shape index (κ1) is 17.9. The van der Waals surface area contributed by atoms with Crippen LogP contribution in [0.4, 0.5) is 5.69 Å². The number of Topliss-reactive ketones (excluding diaryl/α,β-unsaturated/α-hetero) is 1. The number of carbonyl (C=O) groups is 2. The molecule has 0 N–H and O–H groups in total. The molecular formula is C17H15NO7. The van der Waals surface area contributed by atoms with Crippen molar-refractivity contribution in [1.29, 1.82) is 0 Å². The predicted molar refractivity (Wildman–Crippen MR) is 86.9 cm³/mol. The average molecular weight is 345 g/mol. The number of hydrogen-bond acceptors (Lipinski definition) is 7. The fourth-order valence-corrected chi connectivity index (χ4v) is 1.95. The van der Waals surface area contributed by atoms with Crippen molar-refractivity contribution in [1.82, 2.24) is 0 Å². The number of benzene rings is 2. The number of methoxy groups -OCH3 is 1. The molecule has 130 valence electrons. The van der Waals surface area contributed by atoms with Crippen molar-refractivity contribution < 1.29 is 28.7 Å². The number of nitro groups is 1. The molecule has 8 nitrogen and oxygen atoms in total. The van der Waals surface area contributed by atoms with Crippen molar-refractivity contribution in [2.45, 2.75) is 0 Å². The zero-order chi connectivity index (χ0) is 18.2. The molecule has 0 heterocycles. The quantitative estimate of drug-likeness (QED) is 0.313. The van der Waals surface area contributed by atoms with Gasteiger partial charge in [-0.3, -0.25) is 14.9 Å². The Kier molecular flexibility index (Phi) is 6.05. The van der Waals surface area contributed by atoms with E-state index in [1.165, 1.54) is 31.4 Å². The smallest absolute Gasteiger partial charge is 0.344 e. The summed E-state index contributed by atoms with van der Waals surface area (Å²) in [6, 6.07) is 11.8. The second kappa shape index (κ2) is 8.44. The lowest BCUT2D eigenvalue weighted by Gasteiger charge is -2.08. The van der Waals surface area contributed by atoms with Gasteiger partial charge in [0.15, 0.2) is 13.2 Å². The topological polar surface area (TPSA) is 105 Å². The Bertz CT molecular complexity index is 771. The number of hydrogen-bond donors (Lipinski definition) is 0. The second-order valence-electron chi connectivity index (χ2n) is 4.82. The highest BCUT2D eigenvalue weighted by Gasteiger charge is 2.14. The van der Waals surface area contributed by atoms with Crippen molar-refractivity contribution >= 4 is 17.4 Å². The fraction of sp³-hybridized carbons (Fsp3) is 0.176. The van der Waals surface area contributed by atoms with E-state index >= 15 is 0 Å². The highest BCUT2D eigenvalue weighted by molar-refractivity contribution is 6.00. The van der Waals surface area contributed by atoms with Gasteiger partial charge in [-0.15, -0.1) is 0 Å². The first-order valence-corrected chi connectivity index (χ1v) is 7.20. The number of non-ortho nitro benzene ring substituents is 1. The molecule has 2 rings (SSSR count). The standard InChI is InChI=1S/C17H15NO7/c1-23-16-5-3-2-4-14(16)15(19)10-25-17(20)11-24-13-8-6-12(7-9-13)18(21)22/h2-9H,10-11H2,1H3. The third-order valence-electron chi connectivity index (χ3n) is 3.18. The van der Waals surface area contributed by atoms with Gasteiger partial charge in [-0.05, 0) is 24.3 Å². The number of nitrogens with zero attached hydrogens (tertiary/aromatic N) is 1. The molecule has 0 aliphatic rings. The average Bonchev–Trinajstić information content (AvgIpc) is 2.64. The van der Waals surface area contributed by atoms with Crippen molar-refractivity contribution in [2.75, 3.05) is 20.3 Å². The van der Waals surface area contributed by atoms with Gasteiger partial charge in [0.05, 0.1) is 17.6 Å². The Morgan fingerprint density at radius 1 is 1.04 bits per heavy atom. The van der Waals surface area contributed by atoms with E-state index in [4.69, 9.17) is 14.2 Å². The lowest BCUT2D eigenvalue weighted by Crippen LogP contribution is -2.19. The highest BCUT2D eigenvalue weighted by Crippen LogP contribution is 2.18. The molecule has 0 fully saturated rings. The summed E-state index contributed by atoms with van der Waals surface area (Å²) in [6.07, 6.45) is 0. The van der Waals surface area contributed by atoms with Crippen molar-refractivity contribution in [3.05, 3.63) is 64.2 Å². The number of rotatable bonds is 8. The zero-order valence-electron chi connectivity index (χ0n) is 13.3. The molecule has 2 aromatic rings. The lowest BCUT2D eigenvalue weighted by molar-refractivity contribution is -0.384. The summed E-state index contributed by atoms with van der Waals surface area (Å²) < 4.78 is 15.1. The third-order valence-corrected chi connectivity index (χ3v) is 3.18. The van der Waals surface area contributed by atoms with Crippen LogP contribution in [-0.4, -0.2) is 37.0 Å². The van der Waals surface area contributed by atoms with E-state index in [9.17, 15) is 19.7 Å². The van der Waals surface area contributed by atoms with Crippen LogP contribution in [0, 0.1) is 10.1 Å². The fourth-order valence-electron chi connectivity index (χ4n) is 1.95. The maximum atomic E-state index is 12.0. The number of para-hydroxylation sites is 1. The molecule has 0 spiro atoms. The van der Waals surface area contributed by atoms with Gasteiger partial charge in [0.25, 0.3) is 5.69 Å². The SMILES string of the molecule is COc1ccccc1C(=O)COC(=O)COc1ccc([N+](=O)[O-])cc1. The van der Waals surface area contributed by atoms with Crippen molar-refractivity contribution in [3.8, 4) is 11.5 Å². The van der Waals surface area contributed by atoms with E-state index in [0.29, 0.717) is 11.3 Å². The van der Waals surface area contributed by atoms with Crippen LogP contribution in [0.2, 0.25) is 0 Å². The molecule has 2 aromatic carbocycles. The lowest BCUT2D eigenvalue weighted by atomic mass is 10.1. The molecule has 0 amide bonds. The largest absolute Gasteiger partial charge is 0.496 e. The normalized spacial score (nSPS) is 9.96. The number of ether oxygens (including phenoxy) is 3. The van der Waals surface area contributed by atoms with Gasteiger partial charge in [0.1, 0.15) is 11.5 Å². The molecule has 0 radical (unpaired) electrons. The molecule has 25 heavy (non-hydrogen) atoms. The Morgan fingerprint density at radius 2 is 1.72 bits per heavy atom. The summed E-state index contributed by atoms with van der Waals surface area (Å²) in [5.41, 5.74) is 0.228. The van der Waals surface area contributed by atoms with E-state index in [0.717, 1.165) is 0 Å². The number of nitro benzene ring substituents is 1. The van der Waals surface area contributed by atoms with Crippen LogP contribution in [0.1, 0.15) is 10.4 Å². The van der Waals surface area contributed by atoms with Crippen LogP contribution in [-0.2, 0) is 9.53 Å². The molecule has 0 aliphatic carbocycles. The monoisotopic (exact) mass is 345 g/mol. The van der Waals surface area contributed by atoms with Crippen LogP contribution in [0.25, 0.3) is 0 Å². The molecule has 0 unspecified atom stereocenters. The molecule has 0 saturated carbocycles. The molecular weight excluding hydrogens is 330 g/mol. The minimum atomic E-state index is -0.735. The van der Waals surface area contributed by atoms with E-state index in [1.807, 2.05) is 0 Å². The Hall–Kier alpha value is -3.42. The van der Waals surface area contributed by atoms with Gasteiger partial charge < -0.3 is 14.2 Å². The minimum Gasteiger partial charge on any atom is -0.496 e. The summed E-state index contributed by atoms with van der Waals surface area (Å²) >= 11 is 0. The van der Waals surface area contributed by atoms with Crippen LogP contribution in [0.5, 0.6) is 11.5 Å². The molecule has 0 aliphatic heterocycles. The van der Waals surface area contributed by atoms with Gasteiger partial charge >= 0.3 is 5.97 Å². The molecule has 0 atom stereocenters. The Labute approximate surface area is 143 Å². The highest BCUT2D eigenvalue weighted by atomic mass is 16.6. The molecule has 8 heteroatoms. The van der Waals surface area contributed by atoms with Gasteiger partial charge in [0.2, 0.25) is 5.78 Å². The van der Waals surface area contributed by atoms with Crippen LogP contribution >= 0.6 is 0 Å². The number of esters is 1. The third kappa shape index (κ3) is 5.03. The summed E-state index contributed by atoms with van der Waals surface area (Å²) in [6.45, 7) is -0.861. The van der Waals surface area contributed by atoms with Crippen LogP contribution in [0.15, 0.2) is 48.5 Å². The Morgan fingerprint density at radius 3 is 2.36 bits per heavy atom. The first-order valence-electron chi connectivity index (χ1n) is 7.20. The van der Waals surface area contributed by atoms with E-state index in [-0.39, 0.29) is 11.4 Å². The van der Waals surface area contributed by atoms with Gasteiger partial charge in [0, 0.05) is 12.1 Å². The summed E-state index contributed by atoms with van der Waals surface area (Å²) in [7, 11) is 1.44. The molecule has 0 saturated heterocycles. The zero-order valence-corrected chi connectivity index (χ0v) is 13.3. The van der Waals surface area contributed by atoms with Gasteiger partial charge in [-0.25, -0.2) is 4.79 Å². The minimum absolute atomic E-state index is 0.0858. The maximum absolute atomic E-state index is 12.0. The predicted octanol–water partition coefficient (Wildman–Crippen LogP) is 2.41. The molecule has 0 bridgehead atoms. The van der Waals surface area contributed by atoms with Gasteiger partial charge in [-0.1, -0.05) is 12.1 Å². The maximum Gasteiger partial charge on any atom is 0.344 e. The number of ketones is 1. The van der Waals surface area contributed by atoms with Crippen LogP contribution in [0.3, 0.4) is 0 Å². The molecule has 0 aromatic heterocycles. The summed E-state index contributed by atoms with van der Waals surface area (Å²) in [5, 5.41) is 10.5. The summed E-state index contributed by atoms with van der Waals surface area (Å²) in [5.74, 6) is -0.466. The number of carbonyl (C=O) groups excluding carboxylic acids is 2. The Balaban J connectivity index is 1.82. The van der Waals surface area contributed by atoms with E-state index in [1.54, 1.807) is 24.3 Å². The van der Waals surface area contributed by atoms with E-state index in [2.05, 4.69) is 0 Å². The first-order chi connectivity index (χ1) is 12.0. The van der Waals surface area contributed by atoms with Crippen molar-refractivity contribution in [2.24, 2.45) is 0 Å². The van der Waals surface area contributed by atoms with E-state index < -0.39 is 29.9 Å². The van der Waals surface area contributed by atoms with Gasteiger partial charge in [-0.2, -0.15) is 0 Å². The van der Waals surface area contributed by atoms with Crippen molar-refractivity contribution in [3.63, 3.8) is 0 Å². The van der Waals surface area contributed by atoms with Crippen LogP contribution < -0.4 is 9.47 Å². The second-order valence-corrected chi connectivity index (χ2v) is 4.82.